The van der Waals surface area contributed by atoms with E-state index >= 15 is 0 Å². The number of aryl methyl sites for hydroxylation is 1. The molecule has 2 aromatic rings. The van der Waals surface area contributed by atoms with E-state index in [2.05, 4.69) is 22.2 Å². The molecule has 0 aliphatic carbocycles. The number of rotatable bonds is 8. The highest BCUT2D eigenvalue weighted by Gasteiger charge is 2.07. The van der Waals surface area contributed by atoms with E-state index in [0.717, 1.165) is 18.9 Å². The normalized spacial score (nSPS) is 11.3. The van der Waals surface area contributed by atoms with Crippen LogP contribution < -0.4 is 10.1 Å². The molecule has 0 unspecified atom stereocenters. The number of nitrogens with one attached hydrogen (secondary N) is 1. The zero-order valence-electron chi connectivity index (χ0n) is 15.7. The Kier molecular flexibility index (Phi) is 7.86. The molecule has 140 valence electrons. The molecule has 1 heterocycles. The average molecular weight is 358 g/mol. The van der Waals surface area contributed by atoms with Gasteiger partial charge in [-0.15, -0.1) is 0 Å². The van der Waals surface area contributed by atoms with Crippen LogP contribution in [0.1, 0.15) is 18.1 Å². The Morgan fingerprint density at radius 1 is 1.31 bits per heavy atom. The summed E-state index contributed by atoms with van der Waals surface area (Å²) in [4.78, 5) is 10.8. The largest absolute Gasteiger partial charge is 0.489 e. The van der Waals surface area contributed by atoms with E-state index in [1.54, 1.807) is 18.2 Å². The van der Waals surface area contributed by atoms with Crippen molar-refractivity contribution in [1.82, 2.24) is 15.2 Å². The first-order valence-corrected chi connectivity index (χ1v) is 8.88. The lowest BCUT2D eigenvalue weighted by Crippen LogP contribution is -2.41. The molecule has 5 nitrogen and oxygen atoms in total. The fraction of sp³-hybridized carbons (Fsp3) is 0.400. The van der Waals surface area contributed by atoms with Crippen molar-refractivity contribution in [1.29, 1.82) is 0 Å². The van der Waals surface area contributed by atoms with Gasteiger partial charge in [0.1, 0.15) is 6.61 Å². The number of guanidine groups is 1. The standard InChI is InChI=1S/C20H27FN4O/c1-4-23-20(24-12-10-17-9-11-22-15-16(17)2)25(3)13-14-26-19-8-6-5-7-18(19)21/h5-9,11,15H,4,10,12-14H2,1-3H3,(H,23,24). The third kappa shape index (κ3) is 6.02. The molecule has 0 bridgehead atoms. The minimum Gasteiger partial charge on any atom is -0.489 e. The van der Waals surface area contributed by atoms with Gasteiger partial charge in [0.15, 0.2) is 17.5 Å². The molecule has 0 radical (unpaired) electrons. The number of hydrogen-bond donors (Lipinski definition) is 1. The number of likely N-dealkylation sites (N-methyl/N-ethyl adjacent to an activating group) is 1. The molecular weight excluding hydrogens is 331 g/mol. The lowest BCUT2D eigenvalue weighted by molar-refractivity contribution is 0.270. The molecule has 0 aliphatic rings. The second kappa shape index (κ2) is 10.4. The van der Waals surface area contributed by atoms with Crippen molar-refractivity contribution >= 4 is 5.96 Å². The molecule has 0 atom stereocenters. The van der Waals surface area contributed by atoms with Gasteiger partial charge in [0.05, 0.1) is 6.54 Å². The Morgan fingerprint density at radius 2 is 2.12 bits per heavy atom. The maximum absolute atomic E-state index is 13.6. The van der Waals surface area contributed by atoms with Crippen molar-refractivity contribution in [2.75, 3.05) is 33.3 Å². The second-order valence-corrected chi connectivity index (χ2v) is 5.99. The maximum Gasteiger partial charge on any atom is 0.193 e. The van der Waals surface area contributed by atoms with Crippen molar-refractivity contribution in [3.05, 3.63) is 59.7 Å². The summed E-state index contributed by atoms with van der Waals surface area (Å²) in [6.07, 6.45) is 4.54. The number of para-hydroxylation sites is 1. The van der Waals surface area contributed by atoms with Gasteiger partial charge in [0, 0.05) is 32.5 Å². The van der Waals surface area contributed by atoms with Crippen LogP contribution in [0.3, 0.4) is 0 Å². The van der Waals surface area contributed by atoms with Gasteiger partial charge in [-0.1, -0.05) is 12.1 Å². The van der Waals surface area contributed by atoms with Gasteiger partial charge in [-0.2, -0.15) is 0 Å². The molecular formula is C20H27FN4O. The van der Waals surface area contributed by atoms with Gasteiger partial charge < -0.3 is 15.0 Å². The topological polar surface area (TPSA) is 49.8 Å². The van der Waals surface area contributed by atoms with E-state index in [4.69, 9.17) is 4.74 Å². The van der Waals surface area contributed by atoms with Gasteiger partial charge in [0.2, 0.25) is 0 Å². The molecule has 1 aromatic carbocycles. The van der Waals surface area contributed by atoms with E-state index in [1.165, 1.54) is 17.2 Å². The molecule has 2 rings (SSSR count). The SMILES string of the molecule is CCNC(=NCCc1ccncc1C)N(C)CCOc1ccccc1F. The summed E-state index contributed by atoms with van der Waals surface area (Å²) in [5.41, 5.74) is 2.43. The second-order valence-electron chi connectivity index (χ2n) is 5.99. The van der Waals surface area contributed by atoms with E-state index in [1.807, 2.05) is 37.3 Å². The first-order valence-electron chi connectivity index (χ1n) is 8.88. The lowest BCUT2D eigenvalue weighted by atomic mass is 10.1. The zero-order chi connectivity index (χ0) is 18.8. The van der Waals surface area contributed by atoms with Crippen molar-refractivity contribution in [2.24, 2.45) is 4.99 Å². The van der Waals surface area contributed by atoms with Crippen molar-refractivity contribution < 1.29 is 9.13 Å². The summed E-state index contributed by atoms with van der Waals surface area (Å²) in [7, 11) is 1.95. The highest BCUT2D eigenvalue weighted by molar-refractivity contribution is 5.79. The van der Waals surface area contributed by atoms with Gasteiger partial charge in [-0.3, -0.25) is 9.98 Å². The first kappa shape index (κ1) is 19.7. The number of halogens is 1. The third-order valence-electron chi connectivity index (χ3n) is 4.00. The molecule has 0 aliphatic heterocycles. The molecule has 0 saturated carbocycles. The summed E-state index contributed by atoms with van der Waals surface area (Å²) < 4.78 is 19.1. The molecule has 0 spiro atoms. The van der Waals surface area contributed by atoms with Crippen LogP contribution >= 0.6 is 0 Å². The fourth-order valence-corrected chi connectivity index (χ4v) is 2.49. The fourth-order valence-electron chi connectivity index (χ4n) is 2.49. The smallest absolute Gasteiger partial charge is 0.193 e. The van der Waals surface area contributed by atoms with Crippen LogP contribution in [0.4, 0.5) is 4.39 Å². The highest BCUT2D eigenvalue weighted by atomic mass is 19.1. The van der Waals surface area contributed by atoms with Gasteiger partial charge >= 0.3 is 0 Å². The summed E-state index contributed by atoms with van der Waals surface area (Å²) in [6, 6.07) is 8.46. The van der Waals surface area contributed by atoms with Crippen molar-refractivity contribution in [3.63, 3.8) is 0 Å². The van der Waals surface area contributed by atoms with Crippen molar-refractivity contribution in [3.8, 4) is 5.75 Å². The Balaban J connectivity index is 1.86. The molecule has 0 amide bonds. The molecule has 0 saturated heterocycles. The summed E-state index contributed by atoms with van der Waals surface area (Å²) in [5, 5.41) is 3.28. The molecule has 6 heteroatoms. The first-order chi connectivity index (χ1) is 12.6. The minimum absolute atomic E-state index is 0.274. The number of benzene rings is 1. The lowest BCUT2D eigenvalue weighted by Gasteiger charge is -2.22. The van der Waals surface area contributed by atoms with E-state index in [9.17, 15) is 4.39 Å². The highest BCUT2D eigenvalue weighted by Crippen LogP contribution is 2.15. The average Bonchev–Trinajstić information content (AvgIpc) is 2.64. The number of aromatic nitrogens is 1. The van der Waals surface area contributed by atoms with Crippen LogP contribution in [0.2, 0.25) is 0 Å². The molecule has 26 heavy (non-hydrogen) atoms. The predicted octanol–water partition coefficient (Wildman–Crippen LogP) is 3.05. The predicted molar refractivity (Wildman–Crippen MR) is 103 cm³/mol. The Labute approximate surface area is 154 Å². The number of nitrogens with zero attached hydrogens (tertiary/aromatic N) is 3. The van der Waals surface area contributed by atoms with E-state index < -0.39 is 0 Å². The monoisotopic (exact) mass is 358 g/mol. The Morgan fingerprint density at radius 3 is 2.85 bits per heavy atom. The Hall–Kier alpha value is -2.63. The number of pyridine rings is 1. The van der Waals surface area contributed by atoms with Crippen LogP contribution in [0, 0.1) is 12.7 Å². The third-order valence-corrected chi connectivity index (χ3v) is 4.00. The number of aliphatic imine (C=N–C) groups is 1. The summed E-state index contributed by atoms with van der Waals surface area (Å²) in [5.74, 6) is 0.746. The van der Waals surface area contributed by atoms with Gasteiger partial charge in [-0.25, -0.2) is 4.39 Å². The number of ether oxygens (including phenoxy) is 1. The quantitative estimate of drug-likeness (QED) is 0.582. The maximum atomic E-state index is 13.6. The van der Waals surface area contributed by atoms with Crippen LogP contribution in [0.25, 0.3) is 0 Å². The van der Waals surface area contributed by atoms with Crippen LogP contribution in [0.15, 0.2) is 47.7 Å². The van der Waals surface area contributed by atoms with Crippen molar-refractivity contribution in [2.45, 2.75) is 20.3 Å². The molecule has 1 aromatic heterocycles. The summed E-state index contributed by atoms with van der Waals surface area (Å²) >= 11 is 0. The van der Waals surface area contributed by atoms with Gasteiger partial charge in [0.25, 0.3) is 0 Å². The van der Waals surface area contributed by atoms with Crippen LogP contribution in [-0.4, -0.2) is 49.1 Å². The van der Waals surface area contributed by atoms with E-state index in [-0.39, 0.29) is 11.6 Å². The van der Waals surface area contributed by atoms with E-state index in [0.29, 0.717) is 19.7 Å². The molecule has 0 fully saturated rings. The van der Waals surface area contributed by atoms with Crippen LogP contribution in [-0.2, 0) is 6.42 Å². The molecule has 1 N–H and O–H groups in total. The number of hydrogen-bond acceptors (Lipinski definition) is 3. The zero-order valence-corrected chi connectivity index (χ0v) is 15.7. The van der Waals surface area contributed by atoms with Gasteiger partial charge in [-0.05, 0) is 49.6 Å². The van der Waals surface area contributed by atoms with Crippen LogP contribution in [0.5, 0.6) is 5.75 Å². The Bertz CT molecular complexity index is 720. The minimum atomic E-state index is -0.344. The summed E-state index contributed by atoms with van der Waals surface area (Å²) in [6.45, 7) is 6.55.